The van der Waals surface area contributed by atoms with Crippen LogP contribution in [0.15, 0.2) is 5.38 Å². The van der Waals surface area contributed by atoms with Crippen molar-refractivity contribution in [3.8, 4) is 0 Å². The van der Waals surface area contributed by atoms with E-state index in [1.807, 2.05) is 12.3 Å². The second kappa shape index (κ2) is 5.21. The van der Waals surface area contributed by atoms with E-state index in [2.05, 4.69) is 12.4 Å². The van der Waals surface area contributed by atoms with Crippen molar-refractivity contribution in [2.24, 2.45) is 5.41 Å². The molecule has 1 heterocycles. The maximum Gasteiger partial charge on any atom is 0.349 e. The second-order valence-electron chi connectivity index (χ2n) is 4.65. The average molecular weight is 283 g/mol. The van der Waals surface area contributed by atoms with Gasteiger partial charge in [-0.1, -0.05) is 13.8 Å². The molecule has 2 rings (SSSR count). The number of carboxylic acid groups (broad SMARTS) is 1. The van der Waals surface area contributed by atoms with Gasteiger partial charge in [0, 0.05) is 0 Å². The minimum Gasteiger partial charge on any atom is -0.480 e. The normalized spacial score (nSPS) is 15.9. The topological polar surface area (TPSA) is 75.6 Å². The molecule has 1 aliphatic carbocycles. The number of nitrogens with one attached hydrogen (secondary N) is 1. The van der Waals surface area contributed by atoms with E-state index in [9.17, 15) is 9.59 Å². The van der Waals surface area contributed by atoms with Crippen molar-refractivity contribution in [1.29, 1.82) is 0 Å². The zero-order valence-corrected chi connectivity index (χ0v) is 11.8. The smallest absolute Gasteiger partial charge is 0.349 e. The van der Waals surface area contributed by atoms with E-state index in [-0.39, 0.29) is 0 Å². The fraction of sp³-hybridized carbons (Fsp3) is 0.538. The first kappa shape index (κ1) is 13.9. The van der Waals surface area contributed by atoms with Crippen molar-refractivity contribution < 1.29 is 19.5 Å². The Kier molecular flexibility index (Phi) is 3.80. The van der Waals surface area contributed by atoms with Gasteiger partial charge in [-0.25, -0.2) is 10.3 Å². The molecule has 0 saturated heterocycles. The van der Waals surface area contributed by atoms with Crippen LogP contribution in [-0.4, -0.2) is 17.0 Å². The number of hydrogen-bond acceptors (Lipinski definition) is 5. The second-order valence-corrected chi connectivity index (χ2v) is 5.53. The number of thiophene rings is 1. The van der Waals surface area contributed by atoms with Crippen LogP contribution in [0, 0.1) is 5.41 Å². The monoisotopic (exact) mass is 283 g/mol. The van der Waals surface area contributed by atoms with Gasteiger partial charge in [-0.05, 0) is 42.2 Å². The number of rotatable bonds is 6. The Morgan fingerprint density at radius 1 is 1.42 bits per heavy atom. The van der Waals surface area contributed by atoms with Crippen molar-refractivity contribution in [2.45, 2.75) is 39.5 Å². The Morgan fingerprint density at radius 3 is 2.58 bits per heavy atom. The highest BCUT2D eigenvalue weighted by Gasteiger charge is 2.59. The molecule has 0 bridgehead atoms. The lowest BCUT2D eigenvalue weighted by molar-refractivity contribution is -0.159. The largest absolute Gasteiger partial charge is 0.480 e. The summed E-state index contributed by atoms with van der Waals surface area (Å²) in [5, 5.41) is 11.8. The van der Waals surface area contributed by atoms with E-state index in [4.69, 9.17) is 9.94 Å². The Bertz CT molecular complexity index is 505. The molecule has 6 heteroatoms. The Hall–Kier alpha value is -1.56. The van der Waals surface area contributed by atoms with E-state index < -0.39 is 17.4 Å². The summed E-state index contributed by atoms with van der Waals surface area (Å²) in [6, 6.07) is 0. The molecule has 0 spiro atoms. The predicted molar refractivity (Wildman–Crippen MR) is 72.1 cm³/mol. The minimum absolute atomic E-state index is 0.355. The van der Waals surface area contributed by atoms with Crippen molar-refractivity contribution >= 4 is 28.3 Å². The van der Waals surface area contributed by atoms with E-state index in [0.717, 1.165) is 23.4 Å². The zero-order valence-electron chi connectivity index (χ0n) is 11.0. The zero-order chi connectivity index (χ0) is 14.0. The van der Waals surface area contributed by atoms with Crippen molar-refractivity contribution in [3.63, 3.8) is 0 Å². The number of anilines is 1. The molecule has 1 fully saturated rings. The number of aliphatic carboxylic acids is 1. The molecule has 0 amide bonds. The SMILES string of the molecule is CCc1csc(NOC(=O)C2(C(=O)O)CC2)c1CC. The van der Waals surface area contributed by atoms with Crippen molar-refractivity contribution in [1.82, 2.24) is 0 Å². The van der Waals surface area contributed by atoms with Gasteiger partial charge in [0.05, 0.1) is 0 Å². The third kappa shape index (κ3) is 2.45. The lowest BCUT2D eigenvalue weighted by Gasteiger charge is -2.11. The number of carboxylic acids is 1. The number of aryl methyl sites for hydroxylation is 1. The summed E-state index contributed by atoms with van der Waals surface area (Å²) in [6.45, 7) is 4.11. The molecular weight excluding hydrogens is 266 g/mol. The summed E-state index contributed by atoms with van der Waals surface area (Å²) in [7, 11) is 0. The molecule has 19 heavy (non-hydrogen) atoms. The quantitative estimate of drug-likeness (QED) is 0.620. The van der Waals surface area contributed by atoms with Gasteiger partial charge >= 0.3 is 11.9 Å². The number of carbonyl (C=O) groups is 2. The van der Waals surface area contributed by atoms with Crippen LogP contribution in [0.1, 0.15) is 37.8 Å². The Balaban J connectivity index is 2.02. The first-order chi connectivity index (χ1) is 9.05. The van der Waals surface area contributed by atoms with E-state index in [1.54, 1.807) is 0 Å². The molecule has 0 atom stereocenters. The summed E-state index contributed by atoms with van der Waals surface area (Å²) < 4.78 is 0. The van der Waals surface area contributed by atoms with Gasteiger partial charge in [0.15, 0.2) is 5.41 Å². The molecule has 5 nitrogen and oxygen atoms in total. The van der Waals surface area contributed by atoms with Gasteiger partial charge in [-0.3, -0.25) is 4.79 Å². The van der Waals surface area contributed by atoms with Crippen molar-refractivity contribution in [3.05, 3.63) is 16.5 Å². The first-order valence-electron chi connectivity index (χ1n) is 6.35. The molecule has 0 aromatic carbocycles. The van der Waals surface area contributed by atoms with Crippen LogP contribution in [0.2, 0.25) is 0 Å². The Morgan fingerprint density at radius 2 is 2.11 bits per heavy atom. The summed E-state index contributed by atoms with van der Waals surface area (Å²) in [4.78, 5) is 27.7. The Labute approximate surface area is 115 Å². The standard InChI is InChI=1S/C13H17NO4S/c1-3-8-7-19-10(9(8)4-2)14-18-12(17)13(5-6-13)11(15)16/h7,14H,3-6H2,1-2H3,(H,15,16). The van der Waals surface area contributed by atoms with Crippen LogP contribution in [0.3, 0.4) is 0 Å². The molecule has 0 radical (unpaired) electrons. The van der Waals surface area contributed by atoms with Gasteiger partial charge in [-0.15, -0.1) is 11.3 Å². The van der Waals surface area contributed by atoms with Crippen molar-refractivity contribution in [2.75, 3.05) is 5.48 Å². The molecule has 1 aromatic rings. The summed E-state index contributed by atoms with van der Waals surface area (Å²) in [5.74, 6) is -1.80. The fourth-order valence-corrected chi connectivity index (χ4v) is 3.09. The van der Waals surface area contributed by atoms with Crippen LogP contribution in [0.4, 0.5) is 5.00 Å². The maximum absolute atomic E-state index is 11.8. The fourth-order valence-electron chi connectivity index (χ4n) is 2.01. The van der Waals surface area contributed by atoms with E-state index >= 15 is 0 Å². The highest BCUT2D eigenvalue weighted by Crippen LogP contribution is 2.47. The van der Waals surface area contributed by atoms with E-state index in [1.165, 1.54) is 16.9 Å². The molecule has 2 N–H and O–H groups in total. The van der Waals surface area contributed by atoms with E-state index in [0.29, 0.717) is 12.8 Å². The molecule has 1 saturated carbocycles. The number of carbonyl (C=O) groups excluding carboxylic acids is 1. The van der Waals surface area contributed by atoms with Crippen LogP contribution in [0.25, 0.3) is 0 Å². The lowest BCUT2D eigenvalue weighted by atomic mass is 10.1. The molecular formula is C13H17NO4S. The van der Waals surface area contributed by atoms with Gasteiger partial charge in [0.1, 0.15) is 5.00 Å². The minimum atomic E-state index is -1.32. The number of hydrogen-bond donors (Lipinski definition) is 2. The van der Waals surface area contributed by atoms with Crippen LogP contribution in [0.5, 0.6) is 0 Å². The molecule has 104 valence electrons. The van der Waals surface area contributed by atoms with Crippen LogP contribution in [-0.2, 0) is 27.3 Å². The van der Waals surface area contributed by atoms with Crippen LogP contribution >= 0.6 is 11.3 Å². The average Bonchev–Trinajstić information content (AvgIpc) is 3.12. The summed E-state index contributed by atoms with van der Waals surface area (Å²) >= 11 is 1.47. The van der Waals surface area contributed by atoms with Crippen LogP contribution < -0.4 is 5.48 Å². The van der Waals surface area contributed by atoms with Gasteiger partial charge in [-0.2, -0.15) is 0 Å². The summed E-state index contributed by atoms with van der Waals surface area (Å²) in [5.41, 5.74) is 3.66. The molecule has 1 aliphatic rings. The lowest BCUT2D eigenvalue weighted by Crippen LogP contribution is -2.29. The first-order valence-corrected chi connectivity index (χ1v) is 7.23. The molecule has 1 aromatic heterocycles. The molecule has 0 unspecified atom stereocenters. The third-order valence-electron chi connectivity index (χ3n) is 3.50. The maximum atomic E-state index is 11.8. The van der Waals surface area contributed by atoms with Gasteiger partial charge in [0.25, 0.3) is 0 Å². The summed E-state index contributed by atoms with van der Waals surface area (Å²) in [6.07, 6.45) is 2.48. The predicted octanol–water partition coefficient (Wildman–Crippen LogP) is 2.61. The van der Waals surface area contributed by atoms with Gasteiger partial charge in [0.2, 0.25) is 0 Å². The molecule has 0 aliphatic heterocycles. The highest BCUT2D eigenvalue weighted by molar-refractivity contribution is 7.14. The van der Waals surface area contributed by atoms with Gasteiger partial charge < -0.3 is 9.94 Å². The highest BCUT2D eigenvalue weighted by atomic mass is 32.1. The third-order valence-corrected chi connectivity index (χ3v) is 4.47.